The van der Waals surface area contributed by atoms with E-state index in [4.69, 9.17) is 0 Å². The Balaban J connectivity index is 2.88. The van der Waals surface area contributed by atoms with Crippen molar-refractivity contribution in [2.24, 2.45) is 0 Å². The Kier molecular flexibility index (Phi) is 4.10. The van der Waals surface area contributed by atoms with Gasteiger partial charge in [0.1, 0.15) is 0 Å². The highest BCUT2D eigenvalue weighted by Gasteiger charge is 2.03. The Morgan fingerprint density at radius 1 is 1.27 bits per heavy atom. The minimum atomic E-state index is -0.0268. The summed E-state index contributed by atoms with van der Waals surface area (Å²) in [5, 5.41) is 0. The second kappa shape index (κ2) is 5.35. The number of carbonyl (C=O) groups excluding carboxylic acids is 1. The van der Waals surface area contributed by atoms with Crippen molar-refractivity contribution in [1.82, 2.24) is 0 Å². The van der Waals surface area contributed by atoms with Crippen LogP contribution in [0, 0.1) is 0 Å². The standard InChI is InChI=1S/C13H17NO/c1-4-13(15)11-7-9-12(10-8-11)14(5-2)6-3/h4,7-10H,1,5-6H2,2-3H3. The number of hydrogen-bond donors (Lipinski definition) is 0. The van der Waals surface area contributed by atoms with Crippen LogP contribution in [0.1, 0.15) is 24.2 Å². The number of allylic oxidation sites excluding steroid dienone is 1. The van der Waals surface area contributed by atoms with Crippen LogP contribution in [-0.2, 0) is 0 Å². The molecule has 0 N–H and O–H groups in total. The molecule has 0 radical (unpaired) electrons. The van der Waals surface area contributed by atoms with Crippen molar-refractivity contribution in [3.05, 3.63) is 42.5 Å². The van der Waals surface area contributed by atoms with Crippen molar-refractivity contribution in [1.29, 1.82) is 0 Å². The van der Waals surface area contributed by atoms with Crippen LogP contribution in [-0.4, -0.2) is 18.9 Å². The van der Waals surface area contributed by atoms with E-state index in [0.717, 1.165) is 18.8 Å². The molecule has 0 aliphatic heterocycles. The summed E-state index contributed by atoms with van der Waals surface area (Å²) in [7, 11) is 0. The fraction of sp³-hybridized carbons (Fsp3) is 0.308. The molecule has 0 heterocycles. The molecule has 0 saturated carbocycles. The first kappa shape index (κ1) is 11.5. The van der Waals surface area contributed by atoms with E-state index in [1.54, 1.807) is 0 Å². The van der Waals surface area contributed by atoms with E-state index in [0.29, 0.717) is 5.56 Å². The van der Waals surface area contributed by atoms with Gasteiger partial charge in [0.05, 0.1) is 0 Å². The SMILES string of the molecule is C=CC(=O)c1ccc(N(CC)CC)cc1. The number of rotatable bonds is 5. The Labute approximate surface area is 91.2 Å². The van der Waals surface area contributed by atoms with E-state index in [-0.39, 0.29) is 5.78 Å². The van der Waals surface area contributed by atoms with E-state index < -0.39 is 0 Å². The lowest BCUT2D eigenvalue weighted by molar-refractivity contribution is 0.104. The van der Waals surface area contributed by atoms with Gasteiger partial charge in [-0.2, -0.15) is 0 Å². The van der Waals surface area contributed by atoms with Gasteiger partial charge in [0.2, 0.25) is 0 Å². The first-order chi connectivity index (χ1) is 7.22. The number of anilines is 1. The maximum Gasteiger partial charge on any atom is 0.185 e. The molecule has 0 bridgehead atoms. The molecular weight excluding hydrogens is 186 g/mol. The zero-order valence-electron chi connectivity index (χ0n) is 9.36. The quantitative estimate of drug-likeness (QED) is 0.541. The Hall–Kier alpha value is -1.57. The third kappa shape index (κ3) is 2.69. The topological polar surface area (TPSA) is 20.3 Å². The minimum Gasteiger partial charge on any atom is -0.372 e. The van der Waals surface area contributed by atoms with Crippen LogP contribution < -0.4 is 4.90 Å². The zero-order chi connectivity index (χ0) is 11.3. The van der Waals surface area contributed by atoms with Gasteiger partial charge in [-0.3, -0.25) is 4.79 Å². The Morgan fingerprint density at radius 3 is 2.20 bits per heavy atom. The summed E-state index contributed by atoms with van der Waals surface area (Å²) in [5.41, 5.74) is 1.85. The van der Waals surface area contributed by atoms with E-state index in [2.05, 4.69) is 25.3 Å². The van der Waals surface area contributed by atoms with Crippen LogP contribution in [0.15, 0.2) is 36.9 Å². The van der Waals surface area contributed by atoms with E-state index >= 15 is 0 Å². The molecule has 0 aromatic heterocycles. The van der Waals surface area contributed by atoms with Gasteiger partial charge < -0.3 is 4.90 Å². The zero-order valence-corrected chi connectivity index (χ0v) is 9.36. The molecule has 1 rings (SSSR count). The number of carbonyl (C=O) groups is 1. The second-order valence-electron chi connectivity index (χ2n) is 3.29. The maximum atomic E-state index is 11.3. The summed E-state index contributed by atoms with van der Waals surface area (Å²) >= 11 is 0. The molecule has 2 heteroatoms. The van der Waals surface area contributed by atoms with Crippen molar-refractivity contribution in [2.45, 2.75) is 13.8 Å². The summed E-state index contributed by atoms with van der Waals surface area (Å²) in [6.45, 7) is 9.66. The van der Waals surface area contributed by atoms with E-state index in [9.17, 15) is 4.79 Å². The lowest BCUT2D eigenvalue weighted by atomic mass is 10.1. The van der Waals surface area contributed by atoms with E-state index in [1.165, 1.54) is 6.08 Å². The van der Waals surface area contributed by atoms with Gasteiger partial charge in [0.25, 0.3) is 0 Å². The molecule has 0 aliphatic rings. The monoisotopic (exact) mass is 203 g/mol. The Morgan fingerprint density at radius 2 is 1.80 bits per heavy atom. The molecule has 80 valence electrons. The molecule has 0 atom stereocenters. The number of hydrogen-bond acceptors (Lipinski definition) is 2. The van der Waals surface area contributed by atoms with Crippen molar-refractivity contribution in [3.8, 4) is 0 Å². The molecule has 2 nitrogen and oxygen atoms in total. The lowest BCUT2D eigenvalue weighted by Crippen LogP contribution is -2.21. The fourth-order valence-corrected chi connectivity index (χ4v) is 1.54. The summed E-state index contributed by atoms with van der Waals surface area (Å²) in [6, 6.07) is 7.64. The highest BCUT2D eigenvalue weighted by atomic mass is 16.1. The van der Waals surface area contributed by atoms with Crippen LogP contribution >= 0.6 is 0 Å². The van der Waals surface area contributed by atoms with Crippen molar-refractivity contribution in [2.75, 3.05) is 18.0 Å². The fourth-order valence-electron chi connectivity index (χ4n) is 1.54. The van der Waals surface area contributed by atoms with Crippen LogP contribution in [0.5, 0.6) is 0 Å². The largest absolute Gasteiger partial charge is 0.372 e. The van der Waals surface area contributed by atoms with Crippen molar-refractivity contribution < 1.29 is 4.79 Å². The summed E-state index contributed by atoms with van der Waals surface area (Å²) in [6.07, 6.45) is 1.34. The maximum absolute atomic E-state index is 11.3. The molecule has 0 fully saturated rings. The van der Waals surface area contributed by atoms with Crippen LogP contribution in [0.2, 0.25) is 0 Å². The summed E-state index contributed by atoms with van der Waals surface area (Å²) < 4.78 is 0. The number of ketones is 1. The third-order valence-electron chi connectivity index (χ3n) is 2.47. The van der Waals surface area contributed by atoms with Crippen LogP contribution in [0.25, 0.3) is 0 Å². The number of benzene rings is 1. The minimum absolute atomic E-state index is 0.0268. The highest BCUT2D eigenvalue weighted by Crippen LogP contribution is 2.15. The summed E-state index contributed by atoms with van der Waals surface area (Å²) in [5.74, 6) is -0.0268. The highest BCUT2D eigenvalue weighted by molar-refractivity contribution is 6.04. The van der Waals surface area contributed by atoms with Gasteiger partial charge in [-0.1, -0.05) is 6.58 Å². The molecule has 1 aromatic carbocycles. The van der Waals surface area contributed by atoms with Gasteiger partial charge >= 0.3 is 0 Å². The first-order valence-electron chi connectivity index (χ1n) is 5.24. The average Bonchev–Trinajstić information content (AvgIpc) is 2.30. The normalized spacial score (nSPS) is 9.73. The summed E-state index contributed by atoms with van der Waals surface area (Å²) in [4.78, 5) is 13.5. The second-order valence-corrected chi connectivity index (χ2v) is 3.29. The predicted molar refractivity (Wildman–Crippen MR) is 64.5 cm³/mol. The van der Waals surface area contributed by atoms with Gasteiger partial charge in [0, 0.05) is 24.3 Å². The molecule has 0 amide bonds. The first-order valence-corrected chi connectivity index (χ1v) is 5.24. The smallest absolute Gasteiger partial charge is 0.185 e. The lowest BCUT2D eigenvalue weighted by Gasteiger charge is -2.20. The average molecular weight is 203 g/mol. The van der Waals surface area contributed by atoms with Gasteiger partial charge in [-0.05, 0) is 44.2 Å². The third-order valence-corrected chi connectivity index (χ3v) is 2.47. The molecule has 0 aliphatic carbocycles. The van der Waals surface area contributed by atoms with E-state index in [1.807, 2.05) is 24.3 Å². The van der Waals surface area contributed by atoms with Crippen molar-refractivity contribution >= 4 is 11.5 Å². The van der Waals surface area contributed by atoms with Gasteiger partial charge in [0.15, 0.2) is 5.78 Å². The van der Waals surface area contributed by atoms with Gasteiger partial charge in [-0.15, -0.1) is 0 Å². The van der Waals surface area contributed by atoms with Crippen LogP contribution in [0.3, 0.4) is 0 Å². The molecular formula is C13H17NO. The molecule has 0 spiro atoms. The molecule has 1 aromatic rings. The predicted octanol–water partition coefficient (Wildman–Crippen LogP) is 2.90. The molecule has 0 saturated heterocycles. The van der Waals surface area contributed by atoms with Crippen molar-refractivity contribution in [3.63, 3.8) is 0 Å². The van der Waals surface area contributed by atoms with Gasteiger partial charge in [-0.25, -0.2) is 0 Å². The molecule has 0 unspecified atom stereocenters. The van der Waals surface area contributed by atoms with Crippen LogP contribution in [0.4, 0.5) is 5.69 Å². The molecule has 15 heavy (non-hydrogen) atoms. The number of nitrogens with zero attached hydrogens (tertiary/aromatic N) is 1. The Bertz CT molecular complexity index is 336.